The molecule has 0 atom stereocenters. The molecule has 5 heavy (non-hydrogen) atoms. The van der Waals surface area contributed by atoms with Gasteiger partial charge in [0.2, 0.25) is 0 Å². The van der Waals surface area contributed by atoms with E-state index in [9.17, 15) is 12.9 Å². The van der Waals surface area contributed by atoms with E-state index >= 15 is 0 Å². The molecule has 0 bridgehead atoms. The Balaban J connectivity index is 0. The molecule has 0 aromatic rings. The van der Waals surface area contributed by atoms with Crippen molar-refractivity contribution in [2.45, 2.75) is 0 Å². The number of halogens is 3. The molecule has 0 N–H and O–H groups in total. The third-order valence-corrected chi connectivity index (χ3v) is 0. The first-order chi connectivity index (χ1) is 1.73. The maximum atomic E-state index is 9.67. The monoisotopic (exact) mass is 265 g/mol. The summed E-state index contributed by atoms with van der Waals surface area (Å²) in [5, 5.41) is 0. The zero-order valence-corrected chi connectivity index (χ0v) is 4.18. The van der Waals surface area contributed by atoms with Gasteiger partial charge in [-0.15, -0.1) is 0 Å². The van der Waals surface area contributed by atoms with Gasteiger partial charge in [-0.1, -0.05) is 0 Å². The van der Waals surface area contributed by atoms with Gasteiger partial charge in [0, 0.05) is 22.4 Å². The van der Waals surface area contributed by atoms with Gasteiger partial charge >= 0.3 is 7.54 Å². The number of hydrogen-bond donors (Lipinski definition) is 0. The van der Waals surface area contributed by atoms with E-state index in [4.69, 9.17) is 0 Å². The normalized spacial score (nSPS) is 5.40. The minimum absolute atomic E-state index is 0. The first-order valence-corrected chi connectivity index (χ1v) is 0.655. The van der Waals surface area contributed by atoms with Crippen LogP contribution in [-0.2, 0) is 22.4 Å². The maximum absolute atomic E-state index is 9.67. The van der Waals surface area contributed by atoms with Crippen LogP contribution in [0.5, 0.6) is 0 Å². The zero-order valence-electron chi connectivity index (χ0n) is 2.01. The summed E-state index contributed by atoms with van der Waals surface area (Å²) in [5.41, 5.74) is 0. The van der Waals surface area contributed by atoms with E-state index in [1.54, 1.807) is 0 Å². The van der Waals surface area contributed by atoms with Crippen molar-refractivity contribution in [3.8, 4) is 0 Å². The number of rotatable bonds is 0. The van der Waals surface area contributed by atoms with E-state index in [-0.39, 0.29) is 22.4 Å². The summed E-state index contributed by atoms with van der Waals surface area (Å²) in [6.07, 6.45) is 0. The van der Waals surface area contributed by atoms with E-state index in [2.05, 4.69) is 0 Å². The van der Waals surface area contributed by atoms with Crippen LogP contribution in [0, 0.1) is 0 Å². The predicted molar refractivity (Wildman–Crippen MR) is 9.08 cm³/mol. The average molecular weight is 265 g/mol. The van der Waals surface area contributed by atoms with Crippen molar-refractivity contribution in [1.82, 2.24) is 0 Å². The molecule has 0 saturated carbocycles. The van der Waals surface area contributed by atoms with Crippen LogP contribution in [0.2, 0.25) is 0 Å². The van der Waals surface area contributed by atoms with E-state index in [1.165, 1.54) is 0 Å². The van der Waals surface area contributed by atoms with E-state index in [1.807, 2.05) is 0 Å². The van der Waals surface area contributed by atoms with Crippen LogP contribution in [-0.4, -0.2) is 7.54 Å². The van der Waals surface area contributed by atoms with Crippen LogP contribution >= 0.6 is 0 Å². The molecule has 0 aliphatic rings. The van der Waals surface area contributed by atoms with Gasteiger partial charge in [0.1, 0.15) is 0 Å². The molecular formula is AuBF3. The van der Waals surface area contributed by atoms with Gasteiger partial charge in [0.25, 0.3) is 0 Å². The Labute approximate surface area is 43.5 Å². The molecule has 1 radical (unpaired) electrons. The van der Waals surface area contributed by atoms with Crippen LogP contribution in [0.4, 0.5) is 12.9 Å². The fraction of sp³-hybridized carbons (Fsp3) is 0. The quantitative estimate of drug-likeness (QED) is 0.570. The Hall–Kier alpha value is 0.595. The van der Waals surface area contributed by atoms with Crippen LogP contribution in [0.15, 0.2) is 0 Å². The van der Waals surface area contributed by atoms with Crippen LogP contribution in [0.3, 0.4) is 0 Å². The number of hydrogen-bond acceptors (Lipinski definition) is 0. The third-order valence-electron chi connectivity index (χ3n) is 0. The second-order valence-electron chi connectivity index (χ2n) is 0.247. The summed E-state index contributed by atoms with van der Waals surface area (Å²) >= 11 is 0. The molecule has 0 aliphatic heterocycles. The molecule has 0 rings (SSSR count). The molecular weight excluding hydrogens is 265 g/mol. The largest absolute Gasteiger partial charge is 0.762 e. The summed E-state index contributed by atoms with van der Waals surface area (Å²) in [4.78, 5) is 0. The van der Waals surface area contributed by atoms with Crippen molar-refractivity contribution in [1.29, 1.82) is 0 Å². The van der Waals surface area contributed by atoms with E-state index < -0.39 is 7.54 Å². The van der Waals surface area contributed by atoms with Gasteiger partial charge in [-0.05, 0) is 0 Å². The fourth-order valence-corrected chi connectivity index (χ4v) is 0. The average Bonchev–Trinajstić information content (AvgIpc) is 0.811. The minimum atomic E-state index is -3.67. The van der Waals surface area contributed by atoms with E-state index in [0.717, 1.165) is 0 Å². The van der Waals surface area contributed by atoms with Gasteiger partial charge < -0.3 is 0 Å². The van der Waals surface area contributed by atoms with Gasteiger partial charge in [-0.3, -0.25) is 12.9 Å². The molecule has 0 amide bonds. The van der Waals surface area contributed by atoms with Crippen molar-refractivity contribution < 1.29 is 35.3 Å². The van der Waals surface area contributed by atoms with Gasteiger partial charge in [-0.2, -0.15) is 0 Å². The molecule has 0 spiro atoms. The van der Waals surface area contributed by atoms with Crippen molar-refractivity contribution in [2.24, 2.45) is 0 Å². The zero-order chi connectivity index (χ0) is 3.58. The second-order valence-corrected chi connectivity index (χ2v) is 0.247. The van der Waals surface area contributed by atoms with Crippen molar-refractivity contribution in [3.05, 3.63) is 0 Å². The second kappa shape index (κ2) is 4.60. The third kappa shape index (κ3) is 87.4. The molecule has 0 nitrogen and oxygen atoms in total. The van der Waals surface area contributed by atoms with Crippen molar-refractivity contribution >= 4 is 7.54 Å². The van der Waals surface area contributed by atoms with Crippen molar-refractivity contribution in [3.63, 3.8) is 0 Å². The molecule has 0 heterocycles. The Bertz CT molecular complexity index is 11.6. The predicted octanol–water partition coefficient (Wildman–Crippen LogP) is 0.877. The molecule has 0 fully saturated rings. The smallest absolute Gasteiger partial charge is 0.254 e. The Morgan fingerprint density at radius 2 is 1.00 bits per heavy atom. The van der Waals surface area contributed by atoms with Gasteiger partial charge in [0.05, 0.1) is 0 Å². The Morgan fingerprint density at radius 3 is 1.00 bits per heavy atom. The van der Waals surface area contributed by atoms with Crippen LogP contribution < -0.4 is 0 Å². The molecule has 0 aromatic carbocycles. The van der Waals surface area contributed by atoms with Gasteiger partial charge in [-0.25, -0.2) is 0 Å². The van der Waals surface area contributed by atoms with Crippen LogP contribution in [0.1, 0.15) is 0 Å². The SMILES string of the molecule is FB(F)F.[Au]. The fourth-order valence-electron chi connectivity index (χ4n) is 0. The molecule has 5 heteroatoms. The first kappa shape index (κ1) is 9.14. The Morgan fingerprint density at radius 1 is 1.00 bits per heavy atom. The Kier molecular flexibility index (Phi) is 8.40. The molecule has 0 aromatic heterocycles. The molecule has 0 aliphatic carbocycles. The first-order valence-electron chi connectivity index (χ1n) is 0.655. The van der Waals surface area contributed by atoms with Crippen molar-refractivity contribution in [2.75, 3.05) is 0 Å². The summed E-state index contributed by atoms with van der Waals surface area (Å²) in [6.45, 7) is 0. The summed E-state index contributed by atoms with van der Waals surface area (Å²) in [5.74, 6) is 0. The molecule has 0 unspecified atom stereocenters. The molecule has 35 valence electrons. The standard InChI is InChI=1S/Au.BF3/c;2-1(3)4. The minimum Gasteiger partial charge on any atom is -0.254 e. The molecule has 0 saturated heterocycles. The topological polar surface area (TPSA) is 0 Å². The van der Waals surface area contributed by atoms with Gasteiger partial charge in [0.15, 0.2) is 0 Å². The maximum Gasteiger partial charge on any atom is 0.762 e. The summed E-state index contributed by atoms with van der Waals surface area (Å²) < 4.78 is 29.0. The summed E-state index contributed by atoms with van der Waals surface area (Å²) in [7, 11) is -3.67. The van der Waals surface area contributed by atoms with E-state index in [0.29, 0.717) is 0 Å². The summed E-state index contributed by atoms with van der Waals surface area (Å²) in [6, 6.07) is 0. The van der Waals surface area contributed by atoms with Crippen LogP contribution in [0.25, 0.3) is 0 Å².